The SMILES string of the molecule is CCN(c1ccccc1)c1ncccc1C(=N)N. The van der Waals surface area contributed by atoms with Crippen molar-refractivity contribution in [1.29, 1.82) is 5.41 Å². The van der Waals surface area contributed by atoms with E-state index >= 15 is 0 Å². The Bertz CT molecular complexity index is 537. The summed E-state index contributed by atoms with van der Waals surface area (Å²) in [6.45, 7) is 2.81. The number of hydrogen-bond acceptors (Lipinski definition) is 3. The molecule has 0 bridgehead atoms. The van der Waals surface area contributed by atoms with E-state index in [0.29, 0.717) is 5.56 Å². The smallest absolute Gasteiger partial charge is 0.143 e. The molecule has 0 atom stereocenters. The number of para-hydroxylation sites is 1. The van der Waals surface area contributed by atoms with E-state index in [1.165, 1.54) is 0 Å². The molecule has 0 aliphatic carbocycles. The lowest BCUT2D eigenvalue weighted by Gasteiger charge is -2.24. The third kappa shape index (κ3) is 2.32. The van der Waals surface area contributed by atoms with Crippen LogP contribution in [0.15, 0.2) is 48.7 Å². The van der Waals surface area contributed by atoms with Crippen LogP contribution in [0.4, 0.5) is 11.5 Å². The highest BCUT2D eigenvalue weighted by molar-refractivity contribution is 6.00. The maximum absolute atomic E-state index is 7.62. The van der Waals surface area contributed by atoms with Crippen molar-refractivity contribution >= 4 is 17.3 Å². The van der Waals surface area contributed by atoms with Gasteiger partial charge in [0, 0.05) is 18.4 Å². The third-order valence-corrected chi connectivity index (χ3v) is 2.72. The minimum Gasteiger partial charge on any atom is -0.384 e. The van der Waals surface area contributed by atoms with Gasteiger partial charge in [-0.3, -0.25) is 5.41 Å². The van der Waals surface area contributed by atoms with E-state index < -0.39 is 0 Å². The van der Waals surface area contributed by atoms with E-state index in [1.807, 2.05) is 48.2 Å². The van der Waals surface area contributed by atoms with Crippen molar-refractivity contribution in [2.75, 3.05) is 11.4 Å². The Morgan fingerprint density at radius 2 is 1.94 bits per heavy atom. The highest BCUT2D eigenvalue weighted by Crippen LogP contribution is 2.25. The van der Waals surface area contributed by atoms with Crippen molar-refractivity contribution in [2.45, 2.75) is 6.92 Å². The molecule has 0 aliphatic heterocycles. The van der Waals surface area contributed by atoms with Crippen molar-refractivity contribution < 1.29 is 0 Å². The minimum atomic E-state index is 0.0347. The summed E-state index contributed by atoms with van der Waals surface area (Å²) in [7, 11) is 0. The molecule has 0 spiro atoms. The Morgan fingerprint density at radius 1 is 1.22 bits per heavy atom. The summed E-state index contributed by atoms with van der Waals surface area (Å²) >= 11 is 0. The van der Waals surface area contributed by atoms with Crippen molar-refractivity contribution in [2.24, 2.45) is 5.73 Å². The number of benzene rings is 1. The monoisotopic (exact) mass is 240 g/mol. The van der Waals surface area contributed by atoms with E-state index in [4.69, 9.17) is 11.1 Å². The lowest BCUT2D eigenvalue weighted by Crippen LogP contribution is -2.22. The number of amidine groups is 1. The molecule has 1 aromatic carbocycles. The van der Waals surface area contributed by atoms with Gasteiger partial charge in [0.05, 0.1) is 5.56 Å². The minimum absolute atomic E-state index is 0.0347. The lowest BCUT2D eigenvalue weighted by atomic mass is 10.2. The molecule has 3 N–H and O–H groups in total. The quantitative estimate of drug-likeness (QED) is 0.637. The molecule has 0 saturated carbocycles. The zero-order valence-electron chi connectivity index (χ0n) is 10.3. The van der Waals surface area contributed by atoms with Crippen molar-refractivity contribution in [3.63, 3.8) is 0 Å². The average Bonchev–Trinajstić information content (AvgIpc) is 2.41. The van der Waals surface area contributed by atoms with Gasteiger partial charge in [0.25, 0.3) is 0 Å². The summed E-state index contributed by atoms with van der Waals surface area (Å²) < 4.78 is 0. The van der Waals surface area contributed by atoms with Gasteiger partial charge >= 0.3 is 0 Å². The van der Waals surface area contributed by atoms with Gasteiger partial charge in [0.1, 0.15) is 11.7 Å². The standard InChI is InChI=1S/C14H16N4/c1-2-18(11-7-4-3-5-8-11)14-12(13(15)16)9-6-10-17-14/h3-10H,2H2,1H3,(H3,15,16). The number of hydrogen-bond donors (Lipinski definition) is 2. The fourth-order valence-electron chi connectivity index (χ4n) is 1.88. The Hall–Kier alpha value is -2.36. The van der Waals surface area contributed by atoms with E-state index in [1.54, 1.807) is 12.3 Å². The third-order valence-electron chi connectivity index (χ3n) is 2.72. The van der Waals surface area contributed by atoms with Gasteiger partial charge in [0.2, 0.25) is 0 Å². The maximum Gasteiger partial charge on any atom is 0.143 e. The molecule has 0 unspecified atom stereocenters. The molecule has 1 aromatic heterocycles. The van der Waals surface area contributed by atoms with Gasteiger partial charge in [-0.05, 0) is 31.2 Å². The first kappa shape index (κ1) is 12.1. The van der Waals surface area contributed by atoms with E-state index in [9.17, 15) is 0 Å². The highest BCUT2D eigenvalue weighted by atomic mass is 15.2. The van der Waals surface area contributed by atoms with Crippen LogP contribution in [0.1, 0.15) is 12.5 Å². The summed E-state index contributed by atoms with van der Waals surface area (Å²) in [5, 5.41) is 7.62. The number of pyridine rings is 1. The first-order chi connectivity index (χ1) is 8.74. The first-order valence-electron chi connectivity index (χ1n) is 5.86. The predicted molar refractivity (Wildman–Crippen MR) is 74.4 cm³/mol. The van der Waals surface area contributed by atoms with Crippen LogP contribution in [0.2, 0.25) is 0 Å². The second-order valence-electron chi connectivity index (χ2n) is 3.87. The Labute approximate surface area is 107 Å². The maximum atomic E-state index is 7.62. The Balaban J connectivity index is 2.49. The summed E-state index contributed by atoms with van der Waals surface area (Å²) in [6, 6.07) is 13.6. The van der Waals surface area contributed by atoms with Gasteiger partial charge < -0.3 is 10.6 Å². The van der Waals surface area contributed by atoms with E-state index in [2.05, 4.69) is 4.98 Å². The summed E-state index contributed by atoms with van der Waals surface area (Å²) in [4.78, 5) is 6.39. The molecule has 4 heteroatoms. The van der Waals surface area contributed by atoms with Crippen LogP contribution < -0.4 is 10.6 Å². The predicted octanol–water partition coefficient (Wildman–Crippen LogP) is 2.52. The first-order valence-corrected chi connectivity index (χ1v) is 5.86. The summed E-state index contributed by atoms with van der Waals surface area (Å²) in [5.41, 5.74) is 7.30. The van der Waals surface area contributed by atoms with Crippen molar-refractivity contribution in [3.8, 4) is 0 Å². The number of nitrogens with zero attached hydrogens (tertiary/aromatic N) is 2. The molecular formula is C14H16N4. The highest BCUT2D eigenvalue weighted by Gasteiger charge is 2.14. The summed E-state index contributed by atoms with van der Waals surface area (Å²) in [6.07, 6.45) is 1.72. The number of rotatable bonds is 4. The molecule has 4 nitrogen and oxygen atoms in total. The Morgan fingerprint density at radius 3 is 2.56 bits per heavy atom. The van der Waals surface area contributed by atoms with Crippen LogP contribution in [-0.4, -0.2) is 17.4 Å². The van der Waals surface area contributed by atoms with Crippen LogP contribution in [-0.2, 0) is 0 Å². The molecule has 1 heterocycles. The van der Waals surface area contributed by atoms with Crippen LogP contribution in [0.3, 0.4) is 0 Å². The molecule has 0 radical (unpaired) electrons. The van der Waals surface area contributed by atoms with Crippen molar-refractivity contribution in [3.05, 3.63) is 54.2 Å². The zero-order chi connectivity index (χ0) is 13.0. The molecule has 2 rings (SSSR count). The number of nitrogens with one attached hydrogen (secondary N) is 1. The van der Waals surface area contributed by atoms with Gasteiger partial charge in [-0.1, -0.05) is 18.2 Å². The normalized spacial score (nSPS) is 10.1. The number of nitrogen functional groups attached to an aromatic ring is 1. The molecule has 0 amide bonds. The topological polar surface area (TPSA) is 66.0 Å². The molecule has 0 fully saturated rings. The number of anilines is 2. The van der Waals surface area contributed by atoms with Gasteiger partial charge in [-0.2, -0.15) is 0 Å². The Kier molecular flexibility index (Phi) is 3.57. The van der Waals surface area contributed by atoms with Gasteiger partial charge in [0.15, 0.2) is 0 Å². The number of nitrogens with two attached hydrogens (primary N) is 1. The van der Waals surface area contributed by atoms with Crippen LogP contribution in [0, 0.1) is 5.41 Å². The summed E-state index contributed by atoms with van der Waals surface area (Å²) in [5.74, 6) is 0.756. The largest absolute Gasteiger partial charge is 0.384 e. The van der Waals surface area contributed by atoms with Crippen molar-refractivity contribution in [1.82, 2.24) is 4.98 Å². The average molecular weight is 240 g/mol. The zero-order valence-corrected chi connectivity index (χ0v) is 10.3. The molecule has 0 saturated heterocycles. The lowest BCUT2D eigenvalue weighted by molar-refractivity contribution is 0.986. The van der Waals surface area contributed by atoms with Gasteiger partial charge in [-0.15, -0.1) is 0 Å². The molecule has 18 heavy (non-hydrogen) atoms. The van der Waals surface area contributed by atoms with Crippen LogP contribution in [0.5, 0.6) is 0 Å². The van der Waals surface area contributed by atoms with E-state index in [-0.39, 0.29) is 5.84 Å². The molecule has 92 valence electrons. The van der Waals surface area contributed by atoms with Gasteiger partial charge in [-0.25, -0.2) is 4.98 Å². The fourth-order valence-corrected chi connectivity index (χ4v) is 1.88. The van der Waals surface area contributed by atoms with E-state index in [0.717, 1.165) is 18.1 Å². The molecule has 2 aromatic rings. The molecular weight excluding hydrogens is 224 g/mol. The second kappa shape index (κ2) is 5.31. The van der Waals surface area contributed by atoms with Crippen LogP contribution >= 0.6 is 0 Å². The molecule has 0 aliphatic rings. The fraction of sp³-hybridized carbons (Fsp3) is 0.143. The number of aromatic nitrogens is 1. The van der Waals surface area contributed by atoms with Crippen LogP contribution in [0.25, 0.3) is 0 Å². The second-order valence-corrected chi connectivity index (χ2v) is 3.87.